The average Bonchev–Trinajstić information content (AvgIpc) is 3.07. The maximum atomic E-state index is 12.6. The monoisotopic (exact) mass is 394 g/mol. The van der Waals surface area contributed by atoms with E-state index < -0.39 is 6.04 Å². The third-order valence-corrected chi connectivity index (χ3v) is 5.32. The predicted molar refractivity (Wildman–Crippen MR) is 115 cm³/mol. The molecule has 0 bridgehead atoms. The molecule has 0 saturated carbocycles. The summed E-state index contributed by atoms with van der Waals surface area (Å²) in [6, 6.07) is 19.6. The van der Waals surface area contributed by atoms with Crippen LogP contribution in [0.15, 0.2) is 66.9 Å². The summed E-state index contributed by atoms with van der Waals surface area (Å²) in [7, 11) is 1.43. The Balaban J connectivity index is 2.08. The van der Waals surface area contributed by atoms with Gasteiger partial charge >= 0.3 is 5.97 Å². The molecule has 1 atom stereocenters. The molecule has 3 aromatic rings. The van der Waals surface area contributed by atoms with E-state index in [0.717, 1.165) is 36.2 Å². The Hall–Kier alpha value is -2.66. The number of carbonyl (C=O) groups is 1. The lowest BCUT2D eigenvalue weighted by Crippen LogP contribution is -2.23. The van der Waals surface area contributed by atoms with Gasteiger partial charge in [0.15, 0.2) is 4.77 Å². The highest BCUT2D eigenvalue weighted by Crippen LogP contribution is 2.26. The largest absolute Gasteiger partial charge is 0.467 e. The predicted octanol–water partition coefficient (Wildman–Crippen LogP) is 5.44. The van der Waals surface area contributed by atoms with Crippen LogP contribution in [0.5, 0.6) is 0 Å². The number of hydrogen-bond acceptors (Lipinski definition) is 3. The van der Waals surface area contributed by atoms with Gasteiger partial charge in [0.25, 0.3) is 0 Å². The van der Waals surface area contributed by atoms with Crippen LogP contribution in [0.4, 0.5) is 0 Å². The highest BCUT2D eigenvalue weighted by atomic mass is 32.1. The number of esters is 1. The molecule has 4 nitrogen and oxygen atoms in total. The maximum absolute atomic E-state index is 12.6. The van der Waals surface area contributed by atoms with Gasteiger partial charge in [-0.05, 0) is 29.8 Å². The molecule has 0 fully saturated rings. The van der Waals surface area contributed by atoms with E-state index >= 15 is 0 Å². The number of ether oxygens (including phenoxy) is 1. The van der Waals surface area contributed by atoms with Crippen molar-refractivity contribution >= 4 is 18.2 Å². The molecule has 0 aliphatic heterocycles. The molecule has 2 aromatic carbocycles. The number of carbonyl (C=O) groups excluding carboxylic acids is 1. The summed E-state index contributed by atoms with van der Waals surface area (Å²) in [5.74, 6) is -0.285. The lowest BCUT2D eigenvalue weighted by molar-refractivity contribution is -0.144. The second kappa shape index (κ2) is 9.51. The molecular formula is C23H26N2O2S. The number of imidazole rings is 1. The minimum Gasteiger partial charge on any atom is -0.467 e. The Bertz CT molecular complexity index is 961. The molecule has 0 aliphatic carbocycles. The minimum absolute atomic E-state index is 0.285. The van der Waals surface area contributed by atoms with Gasteiger partial charge in [-0.3, -0.25) is 0 Å². The second-order valence-electron chi connectivity index (χ2n) is 6.80. The molecule has 0 amide bonds. The lowest BCUT2D eigenvalue weighted by Gasteiger charge is -2.16. The molecule has 146 valence electrons. The molecule has 5 heteroatoms. The van der Waals surface area contributed by atoms with Crippen molar-refractivity contribution in [3.63, 3.8) is 0 Å². The summed E-state index contributed by atoms with van der Waals surface area (Å²) in [6.45, 7) is 2.99. The van der Waals surface area contributed by atoms with Gasteiger partial charge in [-0.25, -0.2) is 4.79 Å². The molecule has 3 rings (SSSR count). The van der Waals surface area contributed by atoms with E-state index in [2.05, 4.69) is 23.6 Å². The molecule has 0 aliphatic rings. The van der Waals surface area contributed by atoms with Gasteiger partial charge in [0, 0.05) is 19.2 Å². The Morgan fingerprint density at radius 3 is 2.32 bits per heavy atom. The molecular weight excluding hydrogens is 368 g/mol. The highest BCUT2D eigenvalue weighted by Gasteiger charge is 2.25. The molecule has 0 unspecified atom stereocenters. The van der Waals surface area contributed by atoms with Gasteiger partial charge in [-0.15, -0.1) is 0 Å². The Morgan fingerprint density at radius 2 is 1.71 bits per heavy atom. The SMILES string of the molecule is CCCCn1c(-c2ccccc2)cn([C@@H](Cc2ccccc2)C(=O)OC)c1=S. The van der Waals surface area contributed by atoms with Gasteiger partial charge in [0.05, 0.1) is 12.8 Å². The molecule has 0 saturated heterocycles. The van der Waals surface area contributed by atoms with Crippen LogP contribution in [0.3, 0.4) is 0 Å². The van der Waals surface area contributed by atoms with Crippen molar-refractivity contribution < 1.29 is 9.53 Å². The second-order valence-corrected chi connectivity index (χ2v) is 7.17. The van der Waals surface area contributed by atoms with E-state index in [1.54, 1.807) is 0 Å². The maximum Gasteiger partial charge on any atom is 0.329 e. The molecule has 0 N–H and O–H groups in total. The van der Waals surface area contributed by atoms with E-state index in [4.69, 9.17) is 17.0 Å². The fraction of sp³-hybridized carbons (Fsp3) is 0.304. The molecule has 1 aromatic heterocycles. The van der Waals surface area contributed by atoms with Crippen LogP contribution in [-0.2, 0) is 22.5 Å². The summed E-state index contributed by atoms with van der Waals surface area (Å²) >= 11 is 5.80. The Kier molecular flexibility index (Phi) is 6.82. The average molecular weight is 395 g/mol. The molecule has 0 radical (unpaired) electrons. The van der Waals surface area contributed by atoms with Crippen molar-refractivity contribution in [2.45, 2.75) is 38.8 Å². The molecule has 1 heterocycles. The van der Waals surface area contributed by atoms with E-state index in [0.29, 0.717) is 11.2 Å². The lowest BCUT2D eigenvalue weighted by atomic mass is 10.1. The van der Waals surface area contributed by atoms with E-state index in [-0.39, 0.29) is 5.97 Å². The van der Waals surface area contributed by atoms with Gasteiger partial charge < -0.3 is 13.9 Å². The van der Waals surface area contributed by atoms with Crippen molar-refractivity contribution in [3.8, 4) is 11.3 Å². The summed E-state index contributed by atoms with van der Waals surface area (Å²) in [4.78, 5) is 12.6. The Labute approximate surface area is 171 Å². The topological polar surface area (TPSA) is 36.2 Å². The smallest absolute Gasteiger partial charge is 0.329 e. The third-order valence-electron chi connectivity index (χ3n) is 4.89. The minimum atomic E-state index is -0.495. The zero-order valence-electron chi connectivity index (χ0n) is 16.4. The summed E-state index contributed by atoms with van der Waals surface area (Å²) < 4.78 is 9.80. The number of benzene rings is 2. The first-order valence-electron chi connectivity index (χ1n) is 9.64. The zero-order valence-corrected chi connectivity index (χ0v) is 17.2. The van der Waals surface area contributed by atoms with Crippen molar-refractivity contribution in [2.24, 2.45) is 0 Å². The first-order chi connectivity index (χ1) is 13.7. The normalized spacial score (nSPS) is 11.9. The van der Waals surface area contributed by atoms with Gasteiger partial charge in [0.1, 0.15) is 6.04 Å². The van der Waals surface area contributed by atoms with E-state index in [1.807, 2.05) is 59.3 Å². The number of aromatic nitrogens is 2. The van der Waals surface area contributed by atoms with Gasteiger partial charge in [-0.1, -0.05) is 74.0 Å². The number of rotatable bonds is 8. The number of unbranched alkanes of at least 4 members (excludes halogenated alkanes) is 1. The summed E-state index contributed by atoms with van der Waals surface area (Å²) in [5, 5.41) is 0. The van der Waals surface area contributed by atoms with Crippen LogP contribution in [0.25, 0.3) is 11.3 Å². The number of hydrogen-bond donors (Lipinski definition) is 0. The Morgan fingerprint density at radius 1 is 1.07 bits per heavy atom. The molecule has 0 spiro atoms. The van der Waals surface area contributed by atoms with Crippen molar-refractivity contribution in [3.05, 3.63) is 77.2 Å². The summed E-state index contributed by atoms with van der Waals surface area (Å²) in [6.07, 6.45) is 4.64. The van der Waals surface area contributed by atoms with Crippen LogP contribution in [0.1, 0.15) is 31.4 Å². The van der Waals surface area contributed by atoms with E-state index in [9.17, 15) is 4.79 Å². The third kappa shape index (κ3) is 4.42. The summed E-state index contributed by atoms with van der Waals surface area (Å²) in [5.41, 5.74) is 3.19. The number of methoxy groups -OCH3 is 1. The van der Waals surface area contributed by atoms with Gasteiger partial charge in [-0.2, -0.15) is 0 Å². The van der Waals surface area contributed by atoms with Gasteiger partial charge in [0.2, 0.25) is 0 Å². The quantitative estimate of drug-likeness (QED) is 0.377. The molecule has 28 heavy (non-hydrogen) atoms. The van der Waals surface area contributed by atoms with Crippen LogP contribution >= 0.6 is 12.2 Å². The van der Waals surface area contributed by atoms with Crippen molar-refractivity contribution in [1.29, 1.82) is 0 Å². The van der Waals surface area contributed by atoms with Crippen LogP contribution in [0.2, 0.25) is 0 Å². The number of nitrogens with zero attached hydrogens (tertiary/aromatic N) is 2. The van der Waals surface area contributed by atoms with Crippen molar-refractivity contribution in [2.75, 3.05) is 7.11 Å². The van der Waals surface area contributed by atoms with E-state index in [1.165, 1.54) is 7.11 Å². The first kappa shape index (κ1) is 20.1. The van der Waals surface area contributed by atoms with Crippen LogP contribution in [-0.4, -0.2) is 22.2 Å². The fourth-order valence-corrected chi connectivity index (χ4v) is 3.73. The highest BCUT2D eigenvalue weighted by molar-refractivity contribution is 7.71. The first-order valence-corrected chi connectivity index (χ1v) is 10.0. The zero-order chi connectivity index (χ0) is 19.9. The van der Waals surface area contributed by atoms with Crippen LogP contribution < -0.4 is 0 Å². The van der Waals surface area contributed by atoms with Crippen LogP contribution in [0, 0.1) is 4.77 Å². The standard InChI is InChI=1S/C23H26N2O2S/c1-3-4-15-24-21(19-13-9-6-10-14-19)17-25(23(24)28)20(22(26)27-2)16-18-11-7-5-8-12-18/h5-14,17,20H,3-4,15-16H2,1-2H3/t20-/m0/s1. The fourth-order valence-electron chi connectivity index (χ4n) is 3.36. The van der Waals surface area contributed by atoms with Crippen molar-refractivity contribution in [1.82, 2.24) is 9.13 Å².